The van der Waals surface area contributed by atoms with E-state index in [1.54, 1.807) is 0 Å². The number of nitrogens with two attached hydrogens (primary N) is 2. The van der Waals surface area contributed by atoms with E-state index in [9.17, 15) is 20.2 Å². The van der Waals surface area contributed by atoms with Gasteiger partial charge in [0, 0.05) is 38.3 Å². The minimum atomic E-state index is -0.477. The molecule has 0 aliphatic carbocycles. The summed E-state index contributed by atoms with van der Waals surface area (Å²) in [6.07, 6.45) is 1.54. The van der Waals surface area contributed by atoms with Gasteiger partial charge in [-0.3, -0.25) is 30.0 Å². The first kappa shape index (κ1) is 24.0. The van der Waals surface area contributed by atoms with Crippen LogP contribution in [0.25, 0.3) is 0 Å². The van der Waals surface area contributed by atoms with E-state index in [2.05, 4.69) is 9.80 Å². The Labute approximate surface area is 190 Å². The minimum absolute atomic E-state index is 0.0495. The largest absolute Gasteiger partial charge is 0.491 e. The number of nitro groups is 2. The van der Waals surface area contributed by atoms with Crippen LogP contribution in [0.4, 0.5) is 22.7 Å². The average molecular weight is 460 g/mol. The molecule has 0 atom stereocenters. The minimum Gasteiger partial charge on any atom is -0.491 e. The Morgan fingerprint density at radius 3 is 1.61 bits per heavy atom. The van der Waals surface area contributed by atoms with E-state index in [1.807, 2.05) is 0 Å². The van der Waals surface area contributed by atoms with Crippen molar-refractivity contribution in [3.05, 3.63) is 56.6 Å². The van der Waals surface area contributed by atoms with Crippen LogP contribution in [0, 0.1) is 20.2 Å². The fourth-order valence-corrected chi connectivity index (χ4v) is 3.54. The second kappa shape index (κ2) is 11.3. The summed E-state index contributed by atoms with van der Waals surface area (Å²) in [6, 6.07) is 8.34. The molecule has 1 aliphatic heterocycles. The van der Waals surface area contributed by atoms with Crippen LogP contribution in [-0.2, 0) is 0 Å². The van der Waals surface area contributed by atoms with Crippen molar-refractivity contribution in [2.45, 2.75) is 12.8 Å². The number of rotatable bonds is 12. The summed E-state index contributed by atoms with van der Waals surface area (Å²) < 4.78 is 11.3. The van der Waals surface area contributed by atoms with E-state index in [0.29, 0.717) is 36.1 Å². The van der Waals surface area contributed by atoms with Crippen molar-refractivity contribution >= 4 is 22.7 Å². The van der Waals surface area contributed by atoms with Crippen LogP contribution < -0.4 is 20.9 Å². The maximum atomic E-state index is 10.9. The van der Waals surface area contributed by atoms with Gasteiger partial charge in [0.2, 0.25) is 0 Å². The van der Waals surface area contributed by atoms with Gasteiger partial charge in [0.25, 0.3) is 11.4 Å². The highest BCUT2D eigenvalue weighted by Crippen LogP contribution is 2.27. The standard InChI is InChI=1S/C21H28N6O6/c22-18-5-3-16(26(28)29)13-20(18)32-11-1-7-24-9-10-25(15-24)8-2-12-33-21-14-17(27(30)31)4-6-19(21)23/h3-6,13-14H,1-2,7-12,15,22-23H2. The van der Waals surface area contributed by atoms with Crippen molar-refractivity contribution < 1.29 is 19.3 Å². The van der Waals surface area contributed by atoms with Crippen LogP contribution >= 0.6 is 0 Å². The van der Waals surface area contributed by atoms with Gasteiger partial charge in [0.05, 0.1) is 53.2 Å². The summed E-state index contributed by atoms with van der Waals surface area (Å²) in [5.74, 6) is 0.660. The normalized spacial score (nSPS) is 14.3. The average Bonchev–Trinajstić information content (AvgIpc) is 3.23. The van der Waals surface area contributed by atoms with Gasteiger partial charge in [-0.15, -0.1) is 0 Å². The highest BCUT2D eigenvalue weighted by Gasteiger charge is 2.19. The lowest BCUT2D eigenvalue weighted by Crippen LogP contribution is -2.28. The van der Waals surface area contributed by atoms with E-state index < -0.39 is 9.85 Å². The predicted octanol–water partition coefficient (Wildman–Crippen LogP) is 2.48. The Hall–Kier alpha value is -3.64. The number of non-ortho nitro benzene ring substituents is 2. The molecule has 12 nitrogen and oxygen atoms in total. The molecule has 1 heterocycles. The molecule has 178 valence electrons. The Morgan fingerprint density at radius 1 is 0.788 bits per heavy atom. The lowest BCUT2D eigenvalue weighted by Gasteiger charge is -2.18. The number of hydrogen-bond acceptors (Lipinski definition) is 10. The van der Waals surface area contributed by atoms with Crippen molar-refractivity contribution in [1.82, 2.24) is 9.80 Å². The second-order valence-electron chi connectivity index (χ2n) is 7.74. The predicted molar refractivity (Wildman–Crippen MR) is 123 cm³/mol. The molecule has 1 aliphatic rings. The first-order valence-corrected chi connectivity index (χ1v) is 10.6. The zero-order valence-corrected chi connectivity index (χ0v) is 18.2. The quantitative estimate of drug-likeness (QED) is 0.208. The summed E-state index contributed by atoms with van der Waals surface area (Å²) in [6.45, 7) is 5.23. The summed E-state index contributed by atoms with van der Waals surface area (Å²) in [4.78, 5) is 25.4. The molecule has 0 radical (unpaired) electrons. The zero-order valence-electron chi connectivity index (χ0n) is 18.2. The SMILES string of the molecule is Nc1ccc([N+](=O)[O-])cc1OCCCN1CCN(CCCOc2cc([N+](=O)[O-])ccc2N)C1. The molecule has 0 aromatic heterocycles. The summed E-state index contributed by atoms with van der Waals surface area (Å²) >= 11 is 0. The lowest BCUT2D eigenvalue weighted by molar-refractivity contribution is -0.385. The summed E-state index contributed by atoms with van der Waals surface area (Å²) in [5.41, 5.74) is 12.3. The van der Waals surface area contributed by atoms with Crippen LogP contribution in [0.1, 0.15) is 12.8 Å². The number of hydrogen-bond donors (Lipinski definition) is 2. The highest BCUT2D eigenvalue weighted by atomic mass is 16.6. The third kappa shape index (κ3) is 6.92. The van der Waals surface area contributed by atoms with Crippen molar-refractivity contribution in [2.24, 2.45) is 0 Å². The molecule has 1 fully saturated rings. The van der Waals surface area contributed by atoms with Crippen LogP contribution in [-0.4, -0.2) is 65.7 Å². The molecule has 12 heteroatoms. The van der Waals surface area contributed by atoms with Gasteiger partial charge in [-0.2, -0.15) is 0 Å². The van der Waals surface area contributed by atoms with Crippen LogP contribution in [0.5, 0.6) is 11.5 Å². The van der Waals surface area contributed by atoms with Crippen molar-refractivity contribution in [3.63, 3.8) is 0 Å². The number of nitrogens with zero attached hydrogens (tertiary/aromatic N) is 4. The molecule has 0 bridgehead atoms. The molecule has 3 rings (SSSR count). The van der Waals surface area contributed by atoms with E-state index in [0.717, 1.165) is 45.7 Å². The molecule has 0 saturated carbocycles. The Morgan fingerprint density at radius 2 is 1.21 bits per heavy atom. The fourth-order valence-electron chi connectivity index (χ4n) is 3.54. The Bertz CT molecular complexity index is 910. The van der Waals surface area contributed by atoms with Gasteiger partial charge in [-0.1, -0.05) is 0 Å². The molecular formula is C21H28N6O6. The van der Waals surface area contributed by atoms with Crippen LogP contribution in [0.2, 0.25) is 0 Å². The van der Waals surface area contributed by atoms with Crippen molar-refractivity contribution in [3.8, 4) is 11.5 Å². The number of nitrogen functional groups attached to an aromatic ring is 2. The van der Waals surface area contributed by atoms with E-state index in [4.69, 9.17) is 20.9 Å². The van der Waals surface area contributed by atoms with Gasteiger partial charge < -0.3 is 20.9 Å². The van der Waals surface area contributed by atoms with Crippen LogP contribution in [0.3, 0.4) is 0 Å². The van der Waals surface area contributed by atoms with Crippen LogP contribution in [0.15, 0.2) is 36.4 Å². The molecule has 33 heavy (non-hydrogen) atoms. The third-order valence-corrected chi connectivity index (χ3v) is 5.30. The van der Waals surface area contributed by atoms with E-state index >= 15 is 0 Å². The lowest BCUT2D eigenvalue weighted by atomic mass is 10.2. The molecule has 2 aromatic rings. The van der Waals surface area contributed by atoms with E-state index in [-0.39, 0.29) is 11.4 Å². The molecule has 0 spiro atoms. The maximum Gasteiger partial charge on any atom is 0.273 e. The molecule has 4 N–H and O–H groups in total. The third-order valence-electron chi connectivity index (χ3n) is 5.30. The van der Waals surface area contributed by atoms with Gasteiger partial charge in [0.15, 0.2) is 0 Å². The molecular weight excluding hydrogens is 432 g/mol. The number of ether oxygens (including phenoxy) is 2. The van der Waals surface area contributed by atoms with Gasteiger partial charge in [-0.25, -0.2) is 0 Å². The molecule has 1 saturated heterocycles. The van der Waals surface area contributed by atoms with Gasteiger partial charge >= 0.3 is 0 Å². The van der Waals surface area contributed by atoms with Gasteiger partial charge in [-0.05, 0) is 25.0 Å². The summed E-state index contributed by atoms with van der Waals surface area (Å²) in [7, 11) is 0. The maximum absolute atomic E-state index is 10.9. The highest BCUT2D eigenvalue weighted by molar-refractivity contribution is 5.58. The monoisotopic (exact) mass is 460 g/mol. The smallest absolute Gasteiger partial charge is 0.273 e. The first-order chi connectivity index (χ1) is 15.8. The number of benzene rings is 2. The topological polar surface area (TPSA) is 163 Å². The Kier molecular flexibility index (Phi) is 8.22. The molecule has 2 aromatic carbocycles. The van der Waals surface area contributed by atoms with E-state index in [1.165, 1.54) is 36.4 Å². The summed E-state index contributed by atoms with van der Waals surface area (Å²) in [5, 5.41) is 21.8. The van der Waals surface area contributed by atoms with Crippen molar-refractivity contribution in [2.75, 3.05) is 57.5 Å². The second-order valence-corrected chi connectivity index (χ2v) is 7.74. The fraction of sp³-hybridized carbons (Fsp3) is 0.429. The zero-order chi connectivity index (χ0) is 23.8. The number of nitro benzene ring substituents is 2. The number of anilines is 2. The van der Waals surface area contributed by atoms with Crippen molar-refractivity contribution in [1.29, 1.82) is 0 Å². The first-order valence-electron chi connectivity index (χ1n) is 10.6. The van der Waals surface area contributed by atoms with Gasteiger partial charge in [0.1, 0.15) is 11.5 Å². The Balaban J connectivity index is 1.32. The molecule has 0 amide bonds. The molecule has 0 unspecified atom stereocenters.